The van der Waals surface area contributed by atoms with Gasteiger partial charge in [0.2, 0.25) is 0 Å². The number of rotatable bonds is 5. The summed E-state index contributed by atoms with van der Waals surface area (Å²) in [4.78, 5) is 12.1. The summed E-state index contributed by atoms with van der Waals surface area (Å²) in [7, 11) is 0. The van der Waals surface area contributed by atoms with E-state index in [0.717, 1.165) is 25.0 Å². The fraction of sp³-hybridized carbons (Fsp3) is 0.667. The van der Waals surface area contributed by atoms with Gasteiger partial charge in [0.1, 0.15) is 5.76 Å². The molecule has 1 aromatic rings. The molecule has 1 aromatic heterocycles. The molecule has 0 saturated heterocycles. The molecule has 1 aliphatic rings. The Hall–Kier alpha value is -1.29. The van der Waals surface area contributed by atoms with Gasteiger partial charge >= 0.3 is 0 Å². The molecule has 0 aromatic carbocycles. The molecule has 106 valence electrons. The first-order chi connectivity index (χ1) is 9.26. The summed E-state index contributed by atoms with van der Waals surface area (Å²) < 4.78 is 5.27. The Morgan fingerprint density at radius 1 is 1.42 bits per heavy atom. The van der Waals surface area contributed by atoms with Crippen molar-refractivity contribution in [3.05, 3.63) is 23.7 Å². The Kier molecular flexibility index (Phi) is 5.02. The lowest BCUT2D eigenvalue weighted by Gasteiger charge is -2.30. The maximum absolute atomic E-state index is 12.1. The van der Waals surface area contributed by atoms with E-state index < -0.39 is 0 Å². The molecule has 4 nitrogen and oxygen atoms in total. The molecule has 2 rings (SSSR count). The number of aliphatic hydroxyl groups is 1. The van der Waals surface area contributed by atoms with Crippen molar-refractivity contribution in [2.24, 2.45) is 11.8 Å². The molecule has 1 saturated carbocycles. The van der Waals surface area contributed by atoms with Gasteiger partial charge in [-0.15, -0.1) is 0 Å². The number of hydrogen-bond acceptors (Lipinski definition) is 3. The van der Waals surface area contributed by atoms with Crippen LogP contribution in [-0.2, 0) is 6.42 Å². The topological polar surface area (TPSA) is 62.5 Å². The monoisotopic (exact) mass is 265 g/mol. The maximum atomic E-state index is 12.1. The number of aryl methyl sites for hydroxylation is 1. The lowest BCUT2D eigenvalue weighted by Crippen LogP contribution is -2.35. The number of furan rings is 1. The molecule has 0 radical (unpaired) electrons. The van der Waals surface area contributed by atoms with E-state index in [0.29, 0.717) is 23.9 Å². The van der Waals surface area contributed by atoms with E-state index in [4.69, 9.17) is 4.42 Å². The van der Waals surface area contributed by atoms with Crippen LogP contribution in [0.1, 0.15) is 48.7 Å². The number of aliphatic hydroxyl groups excluding tert-OH is 1. The zero-order valence-electron chi connectivity index (χ0n) is 11.5. The summed E-state index contributed by atoms with van der Waals surface area (Å²) in [6.45, 7) is 2.85. The molecule has 19 heavy (non-hydrogen) atoms. The van der Waals surface area contributed by atoms with Gasteiger partial charge in [-0.3, -0.25) is 4.79 Å². The van der Waals surface area contributed by atoms with Crippen molar-refractivity contribution in [3.8, 4) is 0 Å². The van der Waals surface area contributed by atoms with Crippen LogP contribution in [0, 0.1) is 11.8 Å². The van der Waals surface area contributed by atoms with E-state index in [1.807, 2.05) is 6.92 Å². The number of carbonyl (C=O) groups excluding carboxylic acids is 1. The molecule has 2 atom stereocenters. The fourth-order valence-corrected chi connectivity index (χ4v) is 2.93. The summed E-state index contributed by atoms with van der Waals surface area (Å²) in [5.74, 6) is 1.41. The first kappa shape index (κ1) is 14.1. The molecule has 1 amide bonds. The van der Waals surface area contributed by atoms with Gasteiger partial charge in [0.25, 0.3) is 5.91 Å². The van der Waals surface area contributed by atoms with Crippen molar-refractivity contribution in [3.63, 3.8) is 0 Å². The van der Waals surface area contributed by atoms with E-state index in [2.05, 4.69) is 5.32 Å². The Labute approximate surface area is 114 Å². The summed E-state index contributed by atoms with van der Waals surface area (Å²) >= 11 is 0. The van der Waals surface area contributed by atoms with Gasteiger partial charge in [0.05, 0.1) is 11.8 Å². The van der Waals surface area contributed by atoms with Crippen molar-refractivity contribution in [2.45, 2.75) is 39.0 Å². The zero-order valence-corrected chi connectivity index (χ0v) is 11.5. The average Bonchev–Trinajstić information content (AvgIpc) is 2.93. The predicted octanol–water partition coefficient (Wildman–Crippen LogP) is 2.37. The number of amides is 1. The van der Waals surface area contributed by atoms with Crippen molar-refractivity contribution in [1.29, 1.82) is 0 Å². The molecule has 1 fully saturated rings. The first-order valence-electron chi connectivity index (χ1n) is 7.21. The molecule has 2 unspecified atom stereocenters. The highest BCUT2D eigenvalue weighted by Crippen LogP contribution is 2.29. The van der Waals surface area contributed by atoms with Crippen molar-refractivity contribution >= 4 is 5.91 Å². The largest absolute Gasteiger partial charge is 0.469 e. The number of carbonyl (C=O) groups is 1. The Morgan fingerprint density at radius 3 is 2.84 bits per heavy atom. The molecule has 1 heterocycles. The number of hydrogen-bond donors (Lipinski definition) is 2. The third kappa shape index (κ3) is 3.38. The summed E-state index contributed by atoms with van der Waals surface area (Å²) in [6, 6.07) is 1.72. The van der Waals surface area contributed by atoms with Crippen LogP contribution in [-0.4, -0.2) is 24.2 Å². The third-order valence-corrected chi connectivity index (χ3v) is 4.14. The normalized spacial score (nSPS) is 23.3. The lowest BCUT2D eigenvalue weighted by atomic mass is 9.79. The van der Waals surface area contributed by atoms with Crippen LogP contribution in [0.5, 0.6) is 0 Å². The minimum atomic E-state index is -0.0622. The van der Waals surface area contributed by atoms with E-state index in [-0.39, 0.29) is 12.5 Å². The minimum absolute atomic E-state index is 0.0622. The van der Waals surface area contributed by atoms with Crippen LogP contribution in [0.3, 0.4) is 0 Å². The first-order valence-corrected chi connectivity index (χ1v) is 7.21. The zero-order chi connectivity index (χ0) is 13.7. The molecule has 2 N–H and O–H groups in total. The van der Waals surface area contributed by atoms with Gasteiger partial charge in [-0.05, 0) is 30.7 Å². The lowest BCUT2D eigenvalue weighted by molar-refractivity contribution is 0.0907. The average molecular weight is 265 g/mol. The van der Waals surface area contributed by atoms with Crippen molar-refractivity contribution < 1.29 is 14.3 Å². The maximum Gasteiger partial charge on any atom is 0.254 e. The van der Waals surface area contributed by atoms with E-state index in [1.165, 1.54) is 12.8 Å². The number of nitrogens with one attached hydrogen (secondary N) is 1. The van der Waals surface area contributed by atoms with Crippen LogP contribution < -0.4 is 5.32 Å². The van der Waals surface area contributed by atoms with Gasteiger partial charge in [-0.1, -0.05) is 19.8 Å². The quantitative estimate of drug-likeness (QED) is 0.859. The standard InChI is InChI=1S/C15H23NO3/c1-2-14-13(7-8-19-14)15(18)16-9-11-5-3-4-6-12(11)10-17/h7-8,11-12,17H,2-6,9-10H2,1H3,(H,16,18). The molecular formula is C15H23NO3. The van der Waals surface area contributed by atoms with Crippen LogP contribution in [0.2, 0.25) is 0 Å². The van der Waals surface area contributed by atoms with Gasteiger partial charge in [0, 0.05) is 19.6 Å². The SMILES string of the molecule is CCc1occc1C(=O)NCC1CCCCC1CO. The molecule has 0 spiro atoms. The van der Waals surface area contributed by atoms with Crippen molar-refractivity contribution in [2.75, 3.05) is 13.2 Å². The Morgan fingerprint density at radius 2 is 2.16 bits per heavy atom. The molecule has 0 aliphatic heterocycles. The highest BCUT2D eigenvalue weighted by atomic mass is 16.3. The van der Waals surface area contributed by atoms with E-state index >= 15 is 0 Å². The van der Waals surface area contributed by atoms with Gasteiger partial charge in [0.15, 0.2) is 0 Å². The van der Waals surface area contributed by atoms with Crippen LogP contribution >= 0.6 is 0 Å². The summed E-state index contributed by atoms with van der Waals surface area (Å²) in [5.41, 5.74) is 0.638. The predicted molar refractivity (Wildman–Crippen MR) is 73.0 cm³/mol. The summed E-state index contributed by atoms with van der Waals surface area (Å²) in [5, 5.41) is 12.3. The molecular weight excluding hydrogens is 242 g/mol. The highest BCUT2D eigenvalue weighted by Gasteiger charge is 2.25. The smallest absolute Gasteiger partial charge is 0.254 e. The van der Waals surface area contributed by atoms with Gasteiger partial charge in [-0.2, -0.15) is 0 Å². The van der Waals surface area contributed by atoms with Crippen molar-refractivity contribution in [1.82, 2.24) is 5.32 Å². The van der Waals surface area contributed by atoms with Crippen LogP contribution in [0.25, 0.3) is 0 Å². The second-order valence-corrected chi connectivity index (χ2v) is 5.31. The highest BCUT2D eigenvalue weighted by molar-refractivity contribution is 5.95. The summed E-state index contributed by atoms with van der Waals surface area (Å²) in [6.07, 6.45) is 6.84. The van der Waals surface area contributed by atoms with E-state index in [1.54, 1.807) is 12.3 Å². The van der Waals surface area contributed by atoms with Crippen LogP contribution in [0.4, 0.5) is 0 Å². The second kappa shape index (κ2) is 6.75. The minimum Gasteiger partial charge on any atom is -0.469 e. The molecule has 1 aliphatic carbocycles. The molecule has 4 heteroatoms. The van der Waals surface area contributed by atoms with Gasteiger partial charge in [-0.25, -0.2) is 0 Å². The third-order valence-electron chi connectivity index (χ3n) is 4.14. The van der Waals surface area contributed by atoms with Crippen LogP contribution in [0.15, 0.2) is 16.7 Å². The second-order valence-electron chi connectivity index (χ2n) is 5.31. The van der Waals surface area contributed by atoms with E-state index in [9.17, 15) is 9.90 Å². The fourth-order valence-electron chi connectivity index (χ4n) is 2.93. The van der Waals surface area contributed by atoms with Gasteiger partial charge < -0.3 is 14.8 Å². The Bertz CT molecular complexity index is 413. The molecule has 0 bridgehead atoms. The Balaban J connectivity index is 1.89.